The number of carbonyl (C=O) groups is 1. The minimum atomic E-state index is -0.164. The van der Waals surface area contributed by atoms with Crippen LogP contribution in [0.25, 0.3) is 0 Å². The number of fused-ring (bicyclic) bond motifs is 3. The number of anilines is 1. The molecule has 0 radical (unpaired) electrons. The Bertz CT molecular complexity index is 734. The Morgan fingerprint density at radius 3 is 2.87 bits per heavy atom. The lowest BCUT2D eigenvalue weighted by Crippen LogP contribution is -2.70. The lowest BCUT2D eigenvalue weighted by molar-refractivity contribution is -0.0245. The van der Waals surface area contributed by atoms with Crippen molar-refractivity contribution < 1.29 is 9.90 Å². The van der Waals surface area contributed by atoms with Gasteiger partial charge in [0.2, 0.25) is 0 Å². The van der Waals surface area contributed by atoms with Gasteiger partial charge in [0.15, 0.2) is 0 Å². The summed E-state index contributed by atoms with van der Waals surface area (Å²) in [5.74, 6) is 0.152. The van der Waals surface area contributed by atoms with Gasteiger partial charge in [0, 0.05) is 37.6 Å². The van der Waals surface area contributed by atoms with E-state index in [2.05, 4.69) is 22.0 Å². The smallest absolute Gasteiger partial charge is 0.256 e. The predicted octanol–water partition coefficient (Wildman–Crippen LogP) is 1.50. The van der Waals surface area contributed by atoms with Crippen LogP contribution < -0.4 is 4.90 Å². The number of para-hydroxylation sites is 1. The molecule has 1 fully saturated rings. The first-order chi connectivity index (χ1) is 11.2. The Labute approximate surface area is 135 Å². The fraction of sp³-hybridized carbons (Fsp3) is 0.333. The third-order valence-electron chi connectivity index (χ3n) is 5.04. The first-order valence-corrected chi connectivity index (χ1v) is 7.86. The fourth-order valence-electron chi connectivity index (χ4n) is 4.00. The molecule has 5 heteroatoms. The number of pyridine rings is 1. The molecule has 23 heavy (non-hydrogen) atoms. The van der Waals surface area contributed by atoms with E-state index in [4.69, 9.17) is 0 Å². The number of benzene rings is 1. The second-order valence-electron chi connectivity index (χ2n) is 6.24. The number of aliphatic hydroxyl groups is 1. The summed E-state index contributed by atoms with van der Waals surface area (Å²) >= 11 is 0. The summed E-state index contributed by atoms with van der Waals surface area (Å²) in [4.78, 5) is 20.9. The first kappa shape index (κ1) is 14.2. The molecule has 1 aromatic carbocycles. The molecule has 2 aromatic rings. The number of hydrogen-bond donors (Lipinski definition) is 1. The Kier molecular flexibility index (Phi) is 3.31. The molecule has 1 amide bonds. The second kappa shape index (κ2) is 5.35. The van der Waals surface area contributed by atoms with Crippen molar-refractivity contribution in [3.8, 4) is 0 Å². The number of hydrogen-bond acceptors (Lipinski definition) is 4. The van der Waals surface area contributed by atoms with Crippen LogP contribution in [0.3, 0.4) is 0 Å². The largest absolute Gasteiger partial charge is 0.394 e. The van der Waals surface area contributed by atoms with Crippen LogP contribution in [-0.4, -0.2) is 53.2 Å². The Morgan fingerprint density at radius 2 is 2.13 bits per heavy atom. The summed E-state index contributed by atoms with van der Waals surface area (Å²) < 4.78 is 0. The highest BCUT2D eigenvalue weighted by Crippen LogP contribution is 2.48. The van der Waals surface area contributed by atoms with Crippen molar-refractivity contribution in [2.24, 2.45) is 0 Å². The maximum Gasteiger partial charge on any atom is 0.256 e. The van der Waals surface area contributed by atoms with E-state index in [0.29, 0.717) is 5.56 Å². The quantitative estimate of drug-likeness (QED) is 0.913. The molecule has 2 aliphatic heterocycles. The molecule has 4 rings (SSSR count). The van der Waals surface area contributed by atoms with E-state index in [1.54, 1.807) is 24.5 Å². The van der Waals surface area contributed by atoms with Gasteiger partial charge in [-0.25, -0.2) is 0 Å². The van der Waals surface area contributed by atoms with Crippen molar-refractivity contribution in [2.45, 2.75) is 18.0 Å². The molecule has 3 atom stereocenters. The summed E-state index contributed by atoms with van der Waals surface area (Å²) in [5, 5.41) is 9.86. The van der Waals surface area contributed by atoms with Gasteiger partial charge in [0.25, 0.3) is 5.91 Å². The average Bonchev–Trinajstić information content (AvgIpc) is 2.58. The minimum absolute atomic E-state index is 0.0226. The highest BCUT2D eigenvalue weighted by atomic mass is 16.3. The summed E-state index contributed by atoms with van der Waals surface area (Å²) in [5.41, 5.74) is 2.99. The normalized spacial score (nSPS) is 25.4. The number of amides is 1. The zero-order valence-corrected chi connectivity index (χ0v) is 13.0. The van der Waals surface area contributed by atoms with E-state index in [-0.39, 0.29) is 30.5 Å². The molecule has 118 valence electrons. The third kappa shape index (κ3) is 2.04. The number of aliphatic hydroxyl groups excluding tert-OH is 1. The van der Waals surface area contributed by atoms with Gasteiger partial charge in [-0.1, -0.05) is 18.2 Å². The van der Waals surface area contributed by atoms with Crippen LogP contribution in [0.5, 0.6) is 0 Å². The van der Waals surface area contributed by atoms with Crippen molar-refractivity contribution in [1.82, 2.24) is 9.88 Å². The summed E-state index contributed by atoms with van der Waals surface area (Å²) in [7, 11) is 2.05. The highest BCUT2D eigenvalue weighted by molar-refractivity contribution is 5.95. The van der Waals surface area contributed by atoms with Gasteiger partial charge in [-0.15, -0.1) is 0 Å². The molecule has 1 aromatic heterocycles. The van der Waals surface area contributed by atoms with E-state index in [1.165, 1.54) is 11.3 Å². The molecule has 0 aliphatic carbocycles. The van der Waals surface area contributed by atoms with E-state index in [9.17, 15) is 9.90 Å². The predicted molar refractivity (Wildman–Crippen MR) is 87.5 cm³/mol. The van der Waals surface area contributed by atoms with Crippen molar-refractivity contribution in [1.29, 1.82) is 0 Å². The van der Waals surface area contributed by atoms with Gasteiger partial charge in [-0.05, 0) is 23.8 Å². The lowest BCUT2D eigenvalue weighted by Gasteiger charge is -2.58. The third-order valence-corrected chi connectivity index (χ3v) is 5.04. The number of aromatic nitrogens is 1. The summed E-state index contributed by atoms with van der Waals surface area (Å²) in [6.45, 7) is 0.759. The SMILES string of the molecule is CN1C[C@H]2[C@@H](c3ccccc31)[C@@H](CO)N2C(=O)c1cccnc1. The number of likely N-dealkylation sites (tertiary alicyclic amines) is 1. The molecule has 0 spiro atoms. The minimum Gasteiger partial charge on any atom is -0.394 e. The van der Waals surface area contributed by atoms with Crippen LogP contribution in [0.1, 0.15) is 21.8 Å². The molecule has 0 saturated carbocycles. The molecular formula is C18H19N3O2. The molecule has 2 aliphatic rings. The van der Waals surface area contributed by atoms with Crippen molar-refractivity contribution in [2.75, 3.05) is 25.1 Å². The molecular weight excluding hydrogens is 290 g/mol. The Hall–Kier alpha value is -2.40. The van der Waals surface area contributed by atoms with Crippen molar-refractivity contribution >= 4 is 11.6 Å². The van der Waals surface area contributed by atoms with E-state index >= 15 is 0 Å². The number of carbonyl (C=O) groups excluding carboxylic acids is 1. The molecule has 5 nitrogen and oxygen atoms in total. The van der Waals surface area contributed by atoms with Crippen LogP contribution in [-0.2, 0) is 0 Å². The highest BCUT2D eigenvalue weighted by Gasteiger charge is 2.54. The van der Waals surface area contributed by atoms with Crippen LogP contribution in [0.4, 0.5) is 5.69 Å². The van der Waals surface area contributed by atoms with Crippen LogP contribution in [0.15, 0.2) is 48.8 Å². The van der Waals surface area contributed by atoms with Crippen molar-refractivity contribution in [3.05, 3.63) is 59.9 Å². The molecule has 0 unspecified atom stereocenters. The first-order valence-electron chi connectivity index (χ1n) is 7.86. The van der Waals surface area contributed by atoms with E-state index in [1.807, 2.05) is 24.1 Å². The molecule has 0 bridgehead atoms. The zero-order chi connectivity index (χ0) is 16.0. The van der Waals surface area contributed by atoms with Crippen molar-refractivity contribution in [3.63, 3.8) is 0 Å². The maximum absolute atomic E-state index is 12.8. The van der Waals surface area contributed by atoms with E-state index < -0.39 is 0 Å². The molecule has 1 N–H and O–H groups in total. The fourth-order valence-corrected chi connectivity index (χ4v) is 4.00. The maximum atomic E-state index is 12.8. The number of nitrogens with zero attached hydrogens (tertiary/aromatic N) is 3. The second-order valence-corrected chi connectivity index (χ2v) is 6.24. The van der Waals surface area contributed by atoms with Gasteiger partial charge in [-0.3, -0.25) is 9.78 Å². The average molecular weight is 309 g/mol. The van der Waals surface area contributed by atoms with Gasteiger partial charge >= 0.3 is 0 Å². The monoisotopic (exact) mass is 309 g/mol. The summed E-state index contributed by atoms with van der Waals surface area (Å²) in [6.07, 6.45) is 3.24. The topological polar surface area (TPSA) is 56.7 Å². The molecule has 1 saturated heterocycles. The van der Waals surface area contributed by atoms with Gasteiger partial charge in [0.1, 0.15) is 0 Å². The molecule has 3 heterocycles. The number of rotatable bonds is 2. The van der Waals surface area contributed by atoms with Gasteiger partial charge < -0.3 is 14.9 Å². The van der Waals surface area contributed by atoms with E-state index in [0.717, 1.165) is 6.54 Å². The van der Waals surface area contributed by atoms with Crippen LogP contribution in [0, 0.1) is 0 Å². The zero-order valence-electron chi connectivity index (χ0n) is 13.0. The van der Waals surface area contributed by atoms with Crippen LogP contribution in [0.2, 0.25) is 0 Å². The Morgan fingerprint density at radius 1 is 1.30 bits per heavy atom. The number of likely N-dealkylation sites (N-methyl/N-ethyl adjacent to an activating group) is 1. The van der Waals surface area contributed by atoms with Gasteiger partial charge in [-0.2, -0.15) is 0 Å². The lowest BCUT2D eigenvalue weighted by atomic mass is 9.72. The summed E-state index contributed by atoms with van der Waals surface area (Å²) in [6, 6.07) is 11.7. The Balaban J connectivity index is 1.69. The van der Waals surface area contributed by atoms with Crippen LogP contribution >= 0.6 is 0 Å². The standard InChI is InChI=1S/C18H19N3O2/c1-20-10-15-17(13-6-2-3-7-14(13)20)16(11-22)21(15)18(23)12-5-4-8-19-9-12/h2-9,15-17,22H,10-11H2,1H3/t15-,16+,17+/m0/s1. The van der Waals surface area contributed by atoms with Gasteiger partial charge in [0.05, 0.1) is 24.3 Å².